The normalized spacial score (nSPS) is 31.6. The number of rotatable bonds is 4. The fraction of sp³-hybridized carbons (Fsp3) is 1.00. The molecule has 15 heavy (non-hydrogen) atoms. The van der Waals surface area contributed by atoms with Crippen LogP contribution in [-0.4, -0.2) is 30.6 Å². The highest BCUT2D eigenvalue weighted by molar-refractivity contribution is 4.82. The maximum absolute atomic E-state index is 5.74. The second-order valence-corrected chi connectivity index (χ2v) is 5.54. The van der Waals surface area contributed by atoms with E-state index < -0.39 is 0 Å². The Kier molecular flexibility index (Phi) is 5.07. The summed E-state index contributed by atoms with van der Waals surface area (Å²) in [4.78, 5) is 2.56. The van der Waals surface area contributed by atoms with Crippen LogP contribution in [0.2, 0.25) is 0 Å². The second-order valence-electron chi connectivity index (χ2n) is 5.54. The van der Waals surface area contributed by atoms with Crippen LogP contribution in [0, 0.1) is 11.8 Å². The number of nitrogens with zero attached hydrogens (tertiary/aromatic N) is 1. The predicted molar refractivity (Wildman–Crippen MR) is 66.9 cm³/mol. The second kappa shape index (κ2) is 5.86. The van der Waals surface area contributed by atoms with Crippen molar-refractivity contribution in [2.45, 2.75) is 58.5 Å². The molecule has 0 aromatic rings. The van der Waals surface area contributed by atoms with Crippen molar-refractivity contribution < 1.29 is 0 Å². The lowest BCUT2D eigenvalue weighted by Gasteiger charge is -2.39. The fourth-order valence-corrected chi connectivity index (χ4v) is 2.70. The van der Waals surface area contributed by atoms with Crippen LogP contribution in [0.25, 0.3) is 0 Å². The summed E-state index contributed by atoms with van der Waals surface area (Å²) in [5.74, 6) is 1.51. The molecule has 1 rings (SSSR count). The smallest absolute Gasteiger partial charge is 0.0104 e. The minimum atomic E-state index is 0.604. The van der Waals surface area contributed by atoms with Gasteiger partial charge in [0.05, 0.1) is 0 Å². The first-order valence-electron chi connectivity index (χ1n) is 6.48. The third-order valence-corrected chi connectivity index (χ3v) is 4.32. The molecule has 1 aliphatic rings. The van der Waals surface area contributed by atoms with Crippen molar-refractivity contribution in [3.8, 4) is 0 Å². The first kappa shape index (κ1) is 13.0. The molecule has 0 radical (unpaired) electrons. The zero-order valence-corrected chi connectivity index (χ0v) is 10.9. The maximum Gasteiger partial charge on any atom is 0.0104 e. The molecule has 2 N–H and O–H groups in total. The largest absolute Gasteiger partial charge is 0.330 e. The van der Waals surface area contributed by atoms with Crippen molar-refractivity contribution in [2.24, 2.45) is 17.6 Å². The summed E-state index contributed by atoms with van der Waals surface area (Å²) in [6, 6.07) is 1.41. The Labute approximate surface area is 95.2 Å². The van der Waals surface area contributed by atoms with Crippen LogP contribution in [0.3, 0.4) is 0 Å². The highest BCUT2D eigenvalue weighted by atomic mass is 15.2. The van der Waals surface area contributed by atoms with E-state index in [1.165, 1.54) is 25.7 Å². The van der Waals surface area contributed by atoms with E-state index >= 15 is 0 Å². The molecule has 1 fully saturated rings. The maximum atomic E-state index is 5.74. The Morgan fingerprint density at radius 2 is 2.00 bits per heavy atom. The number of hydrogen-bond acceptors (Lipinski definition) is 2. The lowest BCUT2D eigenvalue weighted by Crippen LogP contribution is -2.45. The molecule has 4 unspecified atom stereocenters. The van der Waals surface area contributed by atoms with Crippen LogP contribution in [0.4, 0.5) is 0 Å². The van der Waals surface area contributed by atoms with Crippen LogP contribution >= 0.6 is 0 Å². The van der Waals surface area contributed by atoms with Gasteiger partial charge in [-0.1, -0.05) is 26.7 Å². The first-order valence-corrected chi connectivity index (χ1v) is 6.48. The summed E-state index contributed by atoms with van der Waals surface area (Å²) in [5, 5.41) is 0. The molecular formula is C13H28N2. The molecule has 0 spiro atoms. The number of hydrogen-bond donors (Lipinski definition) is 1. The van der Waals surface area contributed by atoms with Gasteiger partial charge < -0.3 is 10.6 Å². The molecule has 0 aromatic carbocycles. The minimum absolute atomic E-state index is 0.604. The zero-order valence-electron chi connectivity index (χ0n) is 10.9. The zero-order chi connectivity index (χ0) is 11.4. The van der Waals surface area contributed by atoms with Gasteiger partial charge in [0.15, 0.2) is 0 Å². The van der Waals surface area contributed by atoms with Crippen molar-refractivity contribution >= 4 is 0 Å². The summed E-state index contributed by atoms with van der Waals surface area (Å²) in [6.45, 7) is 7.76. The average Bonchev–Trinajstić information content (AvgIpc) is 2.26. The number of nitrogens with two attached hydrogens (primary N) is 1. The van der Waals surface area contributed by atoms with E-state index in [0.717, 1.165) is 18.5 Å². The highest BCUT2D eigenvalue weighted by Crippen LogP contribution is 2.28. The molecule has 0 heterocycles. The van der Waals surface area contributed by atoms with Crippen molar-refractivity contribution in [2.75, 3.05) is 13.6 Å². The first-order chi connectivity index (χ1) is 7.06. The summed E-state index contributed by atoms with van der Waals surface area (Å²) < 4.78 is 0. The van der Waals surface area contributed by atoms with Crippen molar-refractivity contribution in [1.82, 2.24) is 4.90 Å². The van der Waals surface area contributed by atoms with Gasteiger partial charge in [-0.25, -0.2) is 0 Å². The molecule has 1 saturated carbocycles. The molecule has 1 aliphatic carbocycles. The monoisotopic (exact) mass is 212 g/mol. The van der Waals surface area contributed by atoms with Gasteiger partial charge in [0.25, 0.3) is 0 Å². The molecule has 0 aliphatic heterocycles. The molecule has 2 heteroatoms. The molecule has 0 aromatic heterocycles. The minimum Gasteiger partial charge on any atom is -0.330 e. The molecule has 2 nitrogen and oxygen atoms in total. The molecule has 90 valence electrons. The van der Waals surface area contributed by atoms with Gasteiger partial charge in [-0.3, -0.25) is 0 Å². The lowest BCUT2D eigenvalue weighted by molar-refractivity contribution is 0.100. The van der Waals surface area contributed by atoms with E-state index in [1.807, 2.05) is 0 Å². The van der Waals surface area contributed by atoms with E-state index in [1.54, 1.807) is 0 Å². The van der Waals surface area contributed by atoms with Gasteiger partial charge in [0.1, 0.15) is 0 Å². The summed E-state index contributed by atoms with van der Waals surface area (Å²) >= 11 is 0. The van der Waals surface area contributed by atoms with E-state index in [4.69, 9.17) is 5.73 Å². The van der Waals surface area contributed by atoms with E-state index in [9.17, 15) is 0 Å². The predicted octanol–water partition coefficient (Wildman–Crippen LogP) is 2.48. The Morgan fingerprint density at radius 1 is 1.33 bits per heavy atom. The third kappa shape index (κ3) is 3.46. The Balaban J connectivity index is 2.47. The van der Waals surface area contributed by atoms with Crippen molar-refractivity contribution in [1.29, 1.82) is 0 Å². The Bertz CT molecular complexity index is 181. The molecule has 0 amide bonds. The van der Waals surface area contributed by atoms with Gasteiger partial charge in [-0.2, -0.15) is 0 Å². The molecule has 4 atom stereocenters. The van der Waals surface area contributed by atoms with E-state index in [-0.39, 0.29) is 0 Å². The molecule has 0 saturated heterocycles. The Morgan fingerprint density at radius 3 is 2.53 bits per heavy atom. The van der Waals surface area contributed by atoms with Gasteiger partial charge in [-0.05, 0) is 45.2 Å². The van der Waals surface area contributed by atoms with Crippen LogP contribution in [0.5, 0.6) is 0 Å². The van der Waals surface area contributed by atoms with Crippen LogP contribution in [0.1, 0.15) is 46.5 Å². The van der Waals surface area contributed by atoms with Crippen molar-refractivity contribution in [3.05, 3.63) is 0 Å². The third-order valence-electron chi connectivity index (χ3n) is 4.32. The Hall–Kier alpha value is -0.0800. The summed E-state index contributed by atoms with van der Waals surface area (Å²) in [6.07, 6.45) is 5.58. The summed E-state index contributed by atoms with van der Waals surface area (Å²) in [5.41, 5.74) is 5.74. The quantitative estimate of drug-likeness (QED) is 0.776. The lowest BCUT2D eigenvalue weighted by atomic mass is 9.85. The molecule has 0 bridgehead atoms. The van der Waals surface area contributed by atoms with Gasteiger partial charge in [-0.15, -0.1) is 0 Å². The fourth-order valence-electron chi connectivity index (χ4n) is 2.70. The van der Waals surface area contributed by atoms with Crippen molar-refractivity contribution in [3.63, 3.8) is 0 Å². The van der Waals surface area contributed by atoms with E-state index in [2.05, 4.69) is 32.7 Å². The SMILES string of the molecule is CC1CCCC(N(C)C(C)C(C)CN)C1. The van der Waals surface area contributed by atoms with Crippen LogP contribution in [-0.2, 0) is 0 Å². The van der Waals surface area contributed by atoms with E-state index in [0.29, 0.717) is 12.0 Å². The van der Waals surface area contributed by atoms with Gasteiger partial charge >= 0.3 is 0 Å². The standard InChI is InChI=1S/C13H28N2/c1-10-6-5-7-13(8-10)15(4)12(3)11(2)9-14/h10-13H,5-9,14H2,1-4H3. The van der Waals surface area contributed by atoms with Gasteiger partial charge in [0, 0.05) is 12.1 Å². The average molecular weight is 212 g/mol. The summed E-state index contributed by atoms with van der Waals surface area (Å²) in [7, 11) is 2.28. The van der Waals surface area contributed by atoms with Crippen LogP contribution < -0.4 is 5.73 Å². The van der Waals surface area contributed by atoms with Gasteiger partial charge in [0.2, 0.25) is 0 Å². The molecular weight excluding hydrogens is 184 g/mol. The van der Waals surface area contributed by atoms with Crippen LogP contribution in [0.15, 0.2) is 0 Å². The highest BCUT2D eigenvalue weighted by Gasteiger charge is 2.26. The topological polar surface area (TPSA) is 29.3 Å².